The maximum absolute atomic E-state index is 13.0. The lowest BCUT2D eigenvalue weighted by Gasteiger charge is -2.29. The van der Waals surface area contributed by atoms with E-state index in [0.717, 1.165) is 22.3 Å². The summed E-state index contributed by atoms with van der Waals surface area (Å²) in [5.74, 6) is -0.742. The van der Waals surface area contributed by atoms with Gasteiger partial charge in [0.2, 0.25) is 26.0 Å². The van der Waals surface area contributed by atoms with Gasteiger partial charge in [-0.3, -0.25) is 9.69 Å². The van der Waals surface area contributed by atoms with E-state index >= 15 is 0 Å². The van der Waals surface area contributed by atoms with Crippen LogP contribution in [-0.4, -0.2) is 53.0 Å². The normalized spacial score (nSPS) is 17.4. The number of carbonyl (C=O) groups excluding carboxylic acids is 1. The fourth-order valence-corrected chi connectivity index (χ4v) is 7.33. The molecule has 11 heteroatoms. The van der Waals surface area contributed by atoms with Crippen molar-refractivity contribution in [3.05, 3.63) is 46.2 Å². The van der Waals surface area contributed by atoms with Crippen LogP contribution in [-0.2, 0) is 24.8 Å². The number of carbonyl (C=O) groups is 1. The van der Waals surface area contributed by atoms with Gasteiger partial charge in [0.25, 0.3) is 0 Å². The van der Waals surface area contributed by atoms with E-state index in [2.05, 4.69) is 9.62 Å². The lowest BCUT2D eigenvalue weighted by Crippen LogP contribution is -2.37. The van der Waals surface area contributed by atoms with Crippen LogP contribution in [0.15, 0.2) is 40.6 Å². The third-order valence-corrected chi connectivity index (χ3v) is 9.60. The summed E-state index contributed by atoms with van der Waals surface area (Å²) in [6, 6.07) is 8.00. The molecule has 1 aliphatic rings. The lowest BCUT2D eigenvalue weighted by atomic mass is 10.2. The van der Waals surface area contributed by atoms with Crippen molar-refractivity contribution in [1.82, 2.24) is 9.62 Å². The molecule has 3 rings (SSSR count). The molecule has 0 spiro atoms. The summed E-state index contributed by atoms with van der Waals surface area (Å²) in [5, 5.41) is 1.97. The van der Waals surface area contributed by atoms with Crippen molar-refractivity contribution in [3.8, 4) is 0 Å². The number of likely N-dealkylation sites (N-methyl/N-ethyl adjacent to an activating group) is 1. The van der Waals surface area contributed by atoms with Crippen molar-refractivity contribution in [2.45, 2.75) is 38.1 Å². The Labute approximate surface area is 188 Å². The number of thiophene rings is 1. The number of benzene rings is 1. The van der Waals surface area contributed by atoms with Gasteiger partial charge in [-0.15, -0.1) is 11.3 Å². The summed E-state index contributed by atoms with van der Waals surface area (Å²) < 4.78 is 53.8. The summed E-state index contributed by atoms with van der Waals surface area (Å²) in [6.45, 7) is 7.45. The standard InChI is InChI=1S/C20H27N3O5S3/c1-4-22(5-2)17(18-7-6-11-29-18)14-21-31(27,28)19-9-8-16(13-15(19)3)23-20(24)10-12-30(23,25)26/h6-9,11,13,17,21H,4-5,10,12,14H2,1-3H3. The van der Waals surface area contributed by atoms with E-state index in [9.17, 15) is 21.6 Å². The molecule has 2 aromatic rings. The maximum Gasteiger partial charge on any atom is 0.242 e. The molecule has 2 heterocycles. The molecule has 1 aromatic heterocycles. The van der Waals surface area contributed by atoms with Crippen LogP contribution < -0.4 is 9.03 Å². The van der Waals surface area contributed by atoms with Crippen LogP contribution >= 0.6 is 11.3 Å². The number of sulfonamides is 2. The number of nitrogens with zero attached hydrogens (tertiary/aromatic N) is 2. The highest BCUT2D eigenvalue weighted by molar-refractivity contribution is 7.94. The van der Waals surface area contributed by atoms with Crippen LogP contribution in [0.4, 0.5) is 5.69 Å². The van der Waals surface area contributed by atoms with E-state index in [-0.39, 0.29) is 35.3 Å². The van der Waals surface area contributed by atoms with Crippen molar-refractivity contribution in [2.75, 3.05) is 29.7 Å². The molecule has 31 heavy (non-hydrogen) atoms. The Balaban J connectivity index is 1.84. The third kappa shape index (κ3) is 5.01. The summed E-state index contributed by atoms with van der Waals surface area (Å²) >= 11 is 1.58. The fourth-order valence-electron chi connectivity index (χ4n) is 3.75. The van der Waals surface area contributed by atoms with Crippen LogP contribution in [0.5, 0.6) is 0 Å². The second kappa shape index (κ2) is 9.37. The Morgan fingerprint density at radius 1 is 1.23 bits per heavy atom. The van der Waals surface area contributed by atoms with Crippen molar-refractivity contribution in [2.24, 2.45) is 0 Å². The van der Waals surface area contributed by atoms with Gasteiger partial charge in [0.05, 0.1) is 22.4 Å². The SMILES string of the molecule is CCN(CC)C(CNS(=O)(=O)c1ccc(N2C(=O)CCS2(=O)=O)cc1C)c1cccs1. The van der Waals surface area contributed by atoms with E-state index in [1.807, 2.05) is 31.4 Å². The Bertz CT molecular complexity index is 1140. The van der Waals surface area contributed by atoms with Gasteiger partial charge in [0, 0.05) is 17.8 Å². The van der Waals surface area contributed by atoms with Crippen molar-refractivity contribution < 1.29 is 21.6 Å². The first-order valence-electron chi connectivity index (χ1n) is 10.0. The van der Waals surface area contributed by atoms with Gasteiger partial charge in [-0.25, -0.2) is 25.9 Å². The Kier molecular flexibility index (Phi) is 7.21. The molecule has 1 unspecified atom stereocenters. The molecule has 0 aliphatic carbocycles. The highest BCUT2D eigenvalue weighted by atomic mass is 32.2. The molecular weight excluding hydrogens is 458 g/mol. The van der Waals surface area contributed by atoms with Crippen LogP contribution in [0, 0.1) is 6.92 Å². The van der Waals surface area contributed by atoms with Gasteiger partial charge in [0.15, 0.2) is 0 Å². The van der Waals surface area contributed by atoms with E-state index in [0.29, 0.717) is 5.56 Å². The van der Waals surface area contributed by atoms with E-state index in [1.54, 1.807) is 18.3 Å². The fraction of sp³-hybridized carbons (Fsp3) is 0.450. The smallest absolute Gasteiger partial charge is 0.242 e. The van der Waals surface area contributed by atoms with Crippen LogP contribution in [0.25, 0.3) is 0 Å². The summed E-state index contributed by atoms with van der Waals surface area (Å²) in [7, 11) is -7.54. The molecule has 1 amide bonds. The molecule has 170 valence electrons. The van der Waals surface area contributed by atoms with Gasteiger partial charge >= 0.3 is 0 Å². The van der Waals surface area contributed by atoms with Gasteiger partial charge in [0.1, 0.15) is 0 Å². The summed E-state index contributed by atoms with van der Waals surface area (Å²) in [6.07, 6.45) is -0.0710. The minimum absolute atomic E-state index is 0.0600. The minimum Gasteiger partial charge on any atom is -0.295 e. The first kappa shape index (κ1) is 23.9. The van der Waals surface area contributed by atoms with Crippen molar-refractivity contribution >= 4 is 43.0 Å². The molecule has 1 saturated heterocycles. The number of amides is 1. The van der Waals surface area contributed by atoms with Crippen LogP contribution in [0.2, 0.25) is 0 Å². The zero-order valence-corrected chi connectivity index (χ0v) is 20.2. The average Bonchev–Trinajstić information content (AvgIpc) is 3.32. The molecular formula is C20H27N3O5S3. The summed E-state index contributed by atoms with van der Waals surface area (Å²) in [4.78, 5) is 15.3. The van der Waals surface area contributed by atoms with E-state index < -0.39 is 26.0 Å². The number of anilines is 1. The zero-order chi connectivity index (χ0) is 22.8. The average molecular weight is 486 g/mol. The lowest BCUT2D eigenvalue weighted by molar-refractivity contribution is -0.116. The van der Waals surface area contributed by atoms with Gasteiger partial charge in [-0.05, 0) is 55.2 Å². The van der Waals surface area contributed by atoms with Crippen molar-refractivity contribution in [1.29, 1.82) is 0 Å². The maximum atomic E-state index is 13.0. The Morgan fingerprint density at radius 2 is 1.94 bits per heavy atom. The largest absolute Gasteiger partial charge is 0.295 e. The topological polar surface area (TPSA) is 104 Å². The van der Waals surface area contributed by atoms with Gasteiger partial charge in [-0.2, -0.15) is 0 Å². The Morgan fingerprint density at radius 3 is 2.45 bits per heavy atom. The monoisotopic (exact) mass is 485 g/mol. The highest BCUT2D eigenvalue weighted by Crippen LogP contribution is 2.29. The van der Waals surface area contributed by atoms with Crippen LogP contribution in [0.1, 0.15) is 36.8 Å². The third-order valence-electron chi connectivity index (χ3n) is 5.35. The second-order valence-corrected chi connectivity index (χ2v) is 11.9. The summed E-state index contributed by atoms with van der Waals surface area (Å²) in [5.41, 5.74) is 0.536. The molecule has 8 nitrogen and oxygen atoms in total. The molecule has 0 saturated carbocycles. The minimum atomic E-state index is -3.83. The van der Waals surface area contributed by atoms with Gasteiger partial charge in [-0.1, -0.05) is 19.9 Å². The van der Waals surface area contributed by atoms with Crippen LogP contribution in [0.3, 0.4) is 0 Å². The predicted molar refractivity (Wildman–Crippen MR) is 122 cm³/mol. The quantitative estimate of drug-likeness (QED) is 0.585. The molecule has 0 radical (unpaired) electrons. The number of nitrogens with one attached hydrogen (secondary N) is 1. The van der Waals surface area contributed by atoms with E-state index in [1.165, 1.54) is 18.2 Å². The molecule has 1 aromatic carbocycles. The molecule has 1 N–H and O–H groups in total. The van der Waals surface area contributed by atoms with Crippen molar-refractivity contribution in [3.63, 3.8) is 0 Å². The zero-order valence-electron chi connectivity index (χ0n) is 17.7. The second-order valence-electron chi connectivity index (χ2n) is 7.28. The highest BCUT2D eigenvalue weighted by Gasteiger charge is 2.36. The molecule has 1 fully saturated rings. The molecule has 1 atom stereocenters. The number of hydrogen-bond donors (Lipinski definition) is 1. The first-order chi connectivity index (χ1) is 14.6. The van der Waals surface area contributed by atoms with E-state index in [4.69, 9.17) is 0 Å². The molecule has 1 aliphatic heterocycles. The first-order valence-corrected chi connectivity index (χ1v) is 14.0. The Hall–Kier alpha value is -1.79. The molecule has 0 bridgehead atoms. The number of rotatable bonds is 9. The predicted octanol–water partition coefficient (Wildman–Crippen LogP) is 2.48. The number of hydrogen-bond acceptors (Lipinski definition) is 7. The van der Waals surface area contributed by atoms with Gasteiger partial charge < -0.3 is 0 Å². The number of aryl methyl sites for hydroxylation is 1.